The fourth-order valence-electron chi connectivity index (χ4n) is 4.65. The molecule has 1 aliphatic carbocycles. The van der Waals surface area contributed by atoms with E-state index >= 15 is 0 Å². The molecule has 33 heavy (non-hydrogen) atoms. The number of hydrogen-bond donors (Lipinski definition) is 3. The van der Waals surface area contributed by atoms with Crippen LogP contribution in [0.3, 0.4) is 0 Å². The summed E-state index contributed by atoms with van der Waals surface area (Å²) in [5.41, 5.74) is 1.36. The highest BCUT2D eigenvalue weighted by Crippen LogP contribution is 2.29. The van der Waals surface area contributed by atoms with Gasteiger partial charge in [-0.2, -0.15) is 0 Å². The SMILES string of the molecule is O=C(N[C@@H]1CCC[C@H](Nc2nc(-c3c[nH]c4ncc(Cl)cc34)ncc2F)C1)C1CCCCO1. The smallest absolute Gasteiger partial charge is 0.249 e. The maximum atomic E-state index is 14.6. The van der Waals surface area contributed by atoms with E-state index in [0.29, 0.717) is 35.1 Å². The number of carbonyl (C=O) groups excluding carboxylic acids is 1. The lowest BCUT2D eigenvalue weighted by Gasteiger charge is -2.32. The fourth-order valence-corrected chi connectivity index (χ4v) is 4.81. The first kappa shape index (κ1) is 22.0. The third kappa shape index (κ3) is 4.94. The predicted octanol–water partition coefficient (Wildman–Crippen LogP) is 4.22. The maximum absolute atomic E-state index is 14.6. The van der Waals surface area contributed by atoms with Crippen molar-refractivity contribution in [2.24, 2.45) is 0 Å². The zero-order valence-electron chi connectivity index (χ0n) is 18.1. The summed E-state index contributed by atoms with van der Waals surface area (Å²) in [7, 11) is 0. The van der Waals surface area contributed by atoms with Gasteiger partial charge in [0.15, 0.2) is 17.5 Å². The van der Waals surface area contributed by atoms with Crippen molar-refractivity contribution in [3.63, 3.8) is 0 Å². The molecule has 2 aliphatic rings. The number of H-pyrrole nitrogens is 1. The van der Waals surface area contributed by atoms with Crippen LogP contribution in [0.1, 0.15) is 44.9 Å². The van der Waals surface area contributed by atoms with Crippen LogP contribution >= 0.6 is 11.6 Å². The zero-order valence-corrected chi connectivity index (χ0v) is 18.9. The minimum Gasteiger partial charge on any atom is -0.368 e. The molecule has 1 amide bonds. The van der Waals surface area contributed by atoms with Crippen LogP contribution in [-0.4, -0.2) is 50.6 Å². The van der Waals surface area contributed by atoms with Crippen molar-refractivity contribution in [1.29, 1.82) is 0 Å². The van der Waals surface area contributed by atoms with Crippen LogP contribution in [0.15, 0.2) is 24.7 Å². The van der Waals surface area contributed by atoms with Gasteiger partial charge < -0.3 is 20.4 Å². The summed E-state index contributed by atoms with van der Waals surface area (Å²) in [4.78, 5) is 28.5. The number of nitrogens with one attached hydrogen (secondary N) is 3. The summed E-state index contributed by atoms with van der Waals surface area (Å²) >= 11 is 6.09. The Hall–Kier alpha value is -2.78. The normalized spacial score (nSPS) is 23.4. The summed E-state index contributed by atoms with van der Waals surface area (Å²) in [5, 5.41) is 7.62. The van der Waals surface area contributed by atoms with E-state index in [1.54, 1.807) is 18.5 Å². The number of nitrogens with zero attached hydrogens (tertiary/aromatic N) is 3. The van der Waals surface area contributed by atoms with Gasteiger partial charge in [-0.05, 0) is 51.0 Å². The van der Waals surface area contributed by atoms with Crippen molar-refractivity contribution >= 4 is 34.4 Å². The van der Waals surface area contributed by atoms with Crippen molar-refractivity contribution in [3.05, 3.63) is 35.5 Å². The number of anilines is 1. The Bertz CT molecular complexity index is 1150. The van der Waals surface area contributed by atoms with Gasteiger partial charge in [0.25, 0.3) is 0 Å². The second kappa shape index (κ2) is 9.61. The molecule has 1 unspecified atom stereocenters. The molecule has 1 saturated heterocycles. The van der Waals surface area contributed by atoms with Crippen LogP contribution < -0.4 is 10.6 Å². The van der Waals surface area contributed by atoms with Gasteiger partial charge in [0, 0.05) is 42.0 Å². The molecule has 0 bridgehead atoms. The number of amides is 1. The van der Waals surface area contributed by atoms with Crippen molar-refractivity contribution in [2.75, 3.05) is 11.9 Å². The predicted molar refractivity (Wildman–Crippen MR) is 123 cm³/mol. The summed E-state index contributed by atoms with van der Waals surface area (Å²) in [6.45, 7) is 0.640. The zero-order chi connectivity index (χ0) is 22.8. The molecule has 0 spiro atoms. The highest BCUT2D eigenvalue weighted by Gasteiger charge is 2.28. The Morgan fingerprint density at radius 3 is 2.88 bits per heavy atom. The van der Waals surface area contributed by atoms with Crippen molar-refractivity contribution in [2.45, 2.75) is 63.1 Å². The van der Waals surface area contributed by atoms with Crippen molar-refractivity contribution in [3.8, 4) is 11.4 Å². The first-order valence-electron chi connectivity index (χ1n) is 11.4. The van der Waals surface area contributed by atoms with E-state index in [1.165, 1.54) is 6.20 Å². The summed E-state index contributed by atoms with van der Waals surface area (Å²) < 4.78 is 20.2. The lowest BCUT2D eigenvalue weighted by molar-refractivity contribution is -0.136. The van der Waals surface area contributed by atoms with Gasteiger partial charge >= 0.3 is 0 Å². The van der Waals surface area contributed by atoms with E-state index in [4.69, 9.17) is 16.3 Å². The number of pyridine rings is 1. The largest absolute Gasteiger partial charge is 0.368 e. The molecule has 10 heteroatoms. The highest BCUT2D eigenvalue weighted by molar-refractivity contribution is 6.31. The van der Waals surface area contributed by atoms with Gasteiger partial charge in [0.1, 0.15) is 11.8 Å². The van der Waals surface area contributed by atoms with Crippen LogP contribution in [0.4, 0.5) is 10.2 Å². The molecule has 174 valence electrons. The average Bonchev–Trinajstić information content (AvgIpc) is 3.24. The standard InChI is InChI=1S/C23H26ClFN6O2/c24-13-8-16-17(11-27-20(16)26-10-13)21-28-12-18(25)22(31-21)29-14-4-3-5-15(9-14)30-23(32)19-6-1-2-7-33-19/h8,10-12,14-15,19H,1-7,9H2,(H,26,27)(H,30,32)(H,28,29,31)/t14-,15+,19?/m0/s1. The molecule has 0 aromatic carbocycles. The lowest BCUT2D eigenvalue weighted by Crippen LogP contribution is -2.47. The number of aromatic nitrogens is 4. The molecular formula is C23H26ClFN6O2. The van der Waals surface area contributed by atoms with Gasteiger partial charge in [-0.25, -0.2) is 19.3 Å². The fraction of sp³-hybridized carbons (Fsp3) is 0.478. The summed E-state index contributed by atoms with van der Waals surface area (Å²) in [5.74, 6) is -0.0276. The average molecular weight is 473 g/mol. The second-order valence-corrected chi connectivity index (χ2v) is 9.15. The van der Waals surface area contributed by atoms with E-state index in [2.05, 4.69) is 30.6 Å². The molecule has 0 radical (unpaired) electrons. The van der Waals surface area contributed by atoms with Gasteiger partial charge in [0.05, 0.1) is 11.2 Å². The highest BCUT2D eigenvalue weighted by atomic mass is 35.5. The molecule has 1 saturated carbocycles. The Morgan fingerprint density at radius 1 is 1.15 bits per heavy atom. The van der Waals surface area contributed by atoms with Gasteiger partial charge in [-0.3, -0.25) is 4.79 Å². The quantitative estimate of drug-likeness (QED) is 0.513. The third-order valence-corrected chi connectivity index (χ3v) is 6.52. The molecule has 8 nitrogen and oxygen atoms in total. The molecule has 3 aromatic heterocycles. The Labute approximate surface area is 195 Å². The molecular weight excluding hydrogens is 447 g/mol. The van der Waals surface area contributed by atoms with E-state index in [1.807, 2.05) is 0 Å². The number of rotatable bonds is 5. The number of carbonyl (C=O) groups is 1. The van der Waals surface area contributed by atoms with Crippen molar-refractivity contribution in [1.82, 2.24) is 25.3 Å². The molecule has 5 rings (SSSR count). The van der Waals surface area contributed by atoms with Gasteiger partial charge in [0.2, 0.25) is 5.91 Å². The van der Waals surface area contributed by atoms with Crippen LogP contribution in [0, 0.1) is 5.82 Å². The monoisotopic (exact) mass is 472 g/mol. The Balaban J connectivity index is 1.28. The van der Waals surface area contributed by atoms with E-state index in [0.717, 1.165) is 43.9 Å². The second-order valence-electron chi connectivity index (χ2n) is 8.71. The van der Waals surface area contributed by atoms with Crippen LogP contribution in [0.2, 0.25) is 5.02 Å². The maximum Gasteiger partial charge on any atom is 0.249 e. The van der Waals surface area contributed by atoms with E-state index < -0.39 is 5.82 Å². The molecule has 3 atom stereocenters. The minimum absolute atomic E-state index is 0.00680. The number of hydrogen-bond acceptors (Lipinski definition) is 6. The molecule has 1 aliphatic heterocycles. The van der Waals surface area contributed by atoms with Crippen LogP contribution in [0.5, 0.6) is 0 Å². The van der Waals surface area contributed by atoms with E-state index in [-0.39, 0.29) is 29.9 Å². The number of halogens is 2. The molecule has 3 aromatic rings. The summed E-state index contributed by atoms with van der Waals surface area (Å²) in [6, 6.07) is 1.80. The van der Waals surface area contributed by atoms with Crippen LogP contribution in [0.25, 0.3) is 22.4 Å². The first-order chi connectivity index (χ1) is 16.1. The minimum atomic E-state index is -0.517. The topological polar surface area (TPSA) is 105 Å². The Kier molecular flexibility index (Phi) is 6.41. The number of fused-ring (bicyclic) bond motifs is 1. The third-order valence-electron chi connectivity index (χ3n) is 6.32. The first-order valence-corrected chi connectivity index (χ1v) is 11.8. The summed E-state index contributed by atoms with van der Waals surface area (Å²) in [6.07, 6.45) is 10.3. The number of ether oxygens (including phenoxy) is 1. The lowest BCUT2D eigenvalue weighted by atomic mass is 9.90. The number of aromatic amines is 1. The van der Waals surface area contributed by atoms with E-state index in [9.17, 15) is 9.18 Å². The Morgan fingerprint density at radius 2 is 2.03 bits per heavy atom. The van der Waals surface area contributed by atoms with Gasteiger partial charge in [-0.1, -0.05) is 11.6 Å². The molecule has 4 heterocycles. The van der Waals surface area contributed by atoms with Crippen LogP contribution in [-0.2, 0) is 9.53 Å². The molecule has 2 fully saturated rings. The van der Waals surface area contributed by atoms with Gasteiger partial charge in [-0.15, -0.1) is 0 Å². The molecule has 3 N–H and O–H groups in total. The van der Waals surface area contributed by atoms with Crippen molar-refractivity contribution < 1.29 is 13.9 Å².